The number of benzene rings is 2. The Kier molecular flexibility index (Phi) is 3.17. The molecule has 0 fully saturated rings. The van der Waals surface area contributed by atoms with Crippen LogP contribution >= 0.6 is 11.6 Å². The predicted octanol–water partition coefficient (Wildman–Crippen LogP) is 3.58. The number of hydrogen-bond acceptors (Lipinski definition) is 2. The lowest BCUT2D eigenvalue weighted by Gasteiger charge is -2.15. The average molecular weight is 277 g/mol. The van der Waals surface area contributed by atoms with Crippen molar-refractivity contribution in [3.63, 3.8) is 0 Å². The van der Waals surface area contributed by atoms with Gasteiger partial charge in [-0.3, -0.25) is 4.90 Å². The quantitative estimate of drug-likeness (QED) is 0.850. The standard InChI is InChI=1S/C15H14ClFN2/c16-14-5-10(1-4-15(14)17)7-19-8-11-2-3-13(18)6-12(11)9-19/h1-6H,7-9,18H2. The van der Waals surface area contributed by atoms with Crippen LogP contribution in [0.3, 0.4) is 0 Å². The summed E-state index contributed by atoms with van der Waals surface area (Å²) in [5.74, 6) is -0.372. The molecule has 2 N–H and O–H groups in total. The molecule has 0 bridgehead atoms. The largest absolute Gasteiger partial charge is 0.399 e. The van der Waals surface area contributed by atoms with Crippen LogP contribution in [0.1, 0.15) is 16.7 Å². The number of rotatable bonds is 2. The number of fused-ring (bicyclic) bond motifs is 1. The van der Waals surface area contributed by atoms with E-state index in [0.717, 1.165) is 30.9 Å². The lowest BCUT2D eigenvalue weighted by molar-refractivity contribution is 0.275. The molecular formula is C15H14ClFN2. The maximum atomic E-state index is 13.1. The summed E-state index contributed by atoms with van der Waals surface area (Å²) < 4.78 is 13.1. The Morgan fingerprint density at radius 1 is 1.11 bits per heavy atom. The Balaban J connectivity index is 1.75. The van der Waals surface area contributed by atoms with Crippen molar-refractivity contribution in [1.29, 1.82) is 0 Å². The number of nitrogen functional groups attached to an aromatic ring is 1. The fourth-order valence-corrected chi connectivity index (χ4v) is 2.70. The van der Waals surface area contributed by atoms with E-state index in [1.165, 1.54) is 17.2 Å². The molecule has 0 aromatic heterocycles. The van der Waals surface area contributed by atoms with Crippen LogP contribution in [0.4, 0.5) is 10.1 Å². The summed E-state index contributed by atoms with van der Waals surface area (Å²) in [5.41, 5.74) is 10.2. The van der Waals surface area contributed by atoms with Crippen molar-refractivity contribution >= 4 is 17.3 Å². The number of hydrogen-bond donors (Lipinski definition) is 1. The van der Waals surface area contributed by atoms with Crippen LogP contribution in [-0.2, 0) is 19.6 Å². The fraction of sp³-hybridized carbons (Fsp3) is 0.200. The van der Waals surface area contributed by atoms with Crippen molar-refractivity contribution in [3.8, 4) is 0 Å². The van der Waals surface area contributed by atoms with Gasteiger partial charge in [-0.2, -0.15) is 0 Å². The van der Waals surface area contributed by atoms with Crippen molar-refractivity contribution in [2.24, 2.45) is 0 Å². The van der Waals surface area contributed by atoms with E-state index in [1.807, 2.05) is 12.1 Å². The minimum Gasteiger partial charge on any atom is -0.399 e. The molecule has 1 heterocycles. The van der Waals surface area contributed by atoms with Gasteiger partial charge in [-0.25, -0.2) is 4.39 Å². The Morgan fingerprint density at radius 2 is 1.89 bits per heavy atom. The van der Waals surface area contributed by atoms with Crippen LogP contribution in [0.15, 0.2) is 36.4 Å². The van der Waals surface area contributed by atoms with E-state index < -0.39 is 0 Å². The second-order valence-electron chi connectivity index (χ2n) is 4.92. The van der Waals surface area contributed by atoms with Crippen LogP contribution < -0.4 is 5.73 Å². The molecule has 1 aliphatic heterocycles. The maximum Gasteiger partial charge on any atom is 0.141 e. The van der Waals surface area contributed by atoms with Crippen molar-refractivity contribution in [2.45, 2.75) is 19.6 Å². The second kappa shape index (κ2) is 4.83. The van der Waals surface area contributed by atoms with Crippen molar-refractivity contribution in [1.82, 2.24) is 4.90 Å². The van der Waals surface area contributed by atoms with E-state index >= 15 is 0 Å². The molecule has 19 heavy (non-hydrogen) atoms. The Bertz CT molecular complexity index is 628. The first kappa shape index (κ1) is 12.5. The van der Waals surface area contributed by atoms with Gasteiger partial charge in [-0.1, -0.05) is 23.7 Å². The Hall–Kier alpha value is -1.58. The number of anilines is 1. The summed E-state index contributed by atoms with van der Waals surface area (Å²) in [5, 5.41) is 0.179. The lowest BCUT2D eigenvalue weighted by atomic mass is 10.1. The molecule has 2 aromatic carbocycles. The van der Waals surface area contributed by atoms with Gasteiger partial charge < -0.3 is 5.73 Å². The zero-order valence-electron chi connectivity index (χ0n) is 10.4. The van der Waals surface area contributed by atoms with Crippen LogP contribution in [0, 0.1) is 5.82 Å². The summed E-state index contributed by atoms with van der Waals surface area (Å²) in [6, 6.07) is 10.9. The molecule has 0 atom stereocenters. The summed E-state index contributed by atoms with van der Waals surface area (Å²) in [7, 11) is 0. The molecule has 0 radical (unpaired) electrons. The summed E-state index contributed by atoms with van der Waals surface area (Å²) >= 11 is 5.80. The van der Waals surface area contributed by atoms with Crippen LogP contribution in [0.5, 0.6) is 0 Å². The molecule has 0 unspecified atom stereocenters. The monoisotopic (exact) mass is 276 g/mol. The van der Waals surface area contributed by atoms with Gasteiger partial charge >= 0.3 is 0 Å². The third-order valence-electron chi connectivity index (χ3n) is 3.41. The van der Waals surface area contributed by atoms with E-state index in [1.54, 1.807) is 12.1 Å². The molecule has 0 saturated heterocycles. The zero-order valence-corrected chi connectivity index (χ0v) is 11.1. The van der Waals surface area contributed by atoms with Gasteiger partial charge in [-0.05, 0) is 41.0 Å². The molecular weight excluding hydrogens is 263 g/mol. The van der Waals surface area contributed by atoms with Crippen LogP contribution in [-0.4, -0.2) is 4.90 Å². The number of halogens is 2. The SMILES string of the molecule is Nc1ccc2c(c1)CN(Cc1ccc(F)c(Cl)c1)C2. The van der Waals surface area contributed by atoms with Gasteiger partial charge in [-0.15, -0.1) is 0 Å². The molecule has 98 valence electrons. The maximum absolute atomic E-state index is 13.1. The summed E-state index contributed by atoms with van der Waals surface area (Å²) in [6.45, 7) is 2.52. The van der Waals surface area contributed by atoms with E-state index in [4.69, 9.17) is 17.3 Å². The van der Waals surface area contributed by atoms with Crippen molar-refractivity contribution in [2.75, 3.05) is 5.73 Å². The van der Waals surface area contributed by atoms with Crippen LogP contribution in [0.2, 0.25) is 5.02 Å². The number of nitrogens with zero attached hydrogens (tertiary/aromatic N) is 1. The first-order valence-electron chi connectivity index (χ1n) is 6.15. The third kappa shape index (κ3) is 2.57. The lowest BCUT2D eigenvalue weighted by Crippen LogP contribution is -2.15. The van der Waals surface area contributed by atoms with Gasteiger partial charge in [0.15, 0.2) is 0 Å². The normalized spacial score (nSPS) is 14.6. The molecule has 2 nitrogen and oxygen atoms in total. The highest BCUT2D eigenvalue weighted by Gasteiger charge is 2.19. The van der Waals surface area contributed by atoms with Gasteiger partial charge in [0.1, 0.15) is 5.82 Å². The van der Waals surface area contributed by atoms with Gasteiger partial charge in [0.2, 0.25) is 0 Å². The van der Waals surface area contributed by atoms with E-state index in [-0.39, 0.29) is 10.8 Å². The van der Waals surface area contributed by atoms with Gasteiger partial charge in [0, 0.05) is 25.3 Å². The highest BCUT2D eigenvalue weighted by molar-refractivity contribution is 6.30. The highest BCUT2D eigenvalue weighted by atomic mass is 35.5. The molecule has 2 aromatic rings. The molecule has 0 spiro atoms. The fourth-order valence-electron chi connectivity index (χ4n) is 2.49. The molecule has 0 saturated carbocycles. The van der Waals surface area contributed by atoms with Crippen molar-refractivity contribution in [3.05, 3.63) is 63.9 Å². The van der Waals surface area contributed by atoms with E-state index in [0.29, 0.717) is 0 Å². The number of nitrogens with two attached hydrogens (primary N) is 1. The van der Waals surface area contributed by atoms with Gasteiger partial charge in [0.05, 0.1) is 5.02 Å². The minimum absolute atomic E-state index is 0.179. The predicted molar refractivity (Wildman–Crippen MR) is 75.2 cm³/mol. The van der Waals surface area contributed by atoms with Crippen molar-refractivity contribution < 1.29 is 4.39 Å². The van der Waals surface area contributed by atoms with E-state index in [9.17, 15) is 4.39 Å². The minimum atomic E-state index is -0.372. The molecule has 4 heteroatoms. The topological polar surface area (TPSA) is 29.3 Å². The summed E-state index contributed by atoms with van der Waals surface area (Å²) in [6.07, 6.45) is 0. The molecule has 0 amide bonds. The van der Waals surface area contributed by atoms with E-state index in [2.05, 4.69) is 11.0 Å². The highest BCUT2D eigenvalue weighted by Crippen LogP contribution is 2.26. The average Bonchev–Trinajstić information content (AvgIpc) is 2.75. The molecule has 0 aliphatic carbocycles. The smallest absolute Gasteiger partial charge is 0.141 e. The summed E-state index contributed by atoms with van der Waals surface area (Å²) in [4.78, 5) is 2.29. The second-order valence-corrected chi connectivity index (χ2v) is 5.33. The van der Waals surface area contributed by atoms with Gasteiger partial charge in [0.25, 0.3) is 0 Å². The first-order valence-corrected chi connectivity index (χ1v) is 6.53. The third-order valence-corrected chi connectivity index (χ3v) is 3.70. The first-order chi connectivity index (χ1) is 9.11. The molecule has 3 rings (SSSR count). The Labute approximate surface area is 116 Å². The molecule has 1 aliphatic rings. The zero-order chi connectivity index (χ0) is 13.4. The van der Waals surface area contributed by atoms with Crippen LogP contribution in [0.25, 0.3) is 0 Å². The Morgan fingerprint density at radius 3 is 2.68 bits per heavy atom.